The lowest BCUT2D eigenvalue weighted by Crippen LogP contribution is -2.26. The number of carbonyl (C=O) groups excluding carboxylic acids is 1. The van der Waals surface area contributed by atoms with Gasteiger partial charge < -0.3 is 15.0 Å². The minimum absolute atomic E-state index is 0.00806. The summed E-state index contributed by atoms with van der Waals surface area (Å²) in [5.41, 5.74) is 5.44. The number of non-ortho nitro benzene ring substituents is 1. The summed E-state index contributed by atoms with van der Waals surface area (Å²) in [4.78, 5) is 34.6. The van der Waals surface area contributed by atoms with Gasteiger partial charge in [-0.15, -0.1) is 0 Å². The molecule has 0 saturated carbocycles. The maximum Gasteiger partial charge on any atom is 0.335 e. The van der Waals surface area contributed by atoms with E-state index in [1.165, 1.54) is 12.1 Å². The molecule has 5 aromatic rings. The number of aromatic carboxylic acids is 1. The van der Waals surface area contributed by atoms with Crippen LogP contribution in [0.1, 0.15) is 44.8 Å². The van der Waals surface area contributed by atoms with Crippen LogP contribution >= 0.6 is 0 Å². The van der Waals surface area contributed by atoms with Gasteiger partial charge in [-0.2, -0.15) is 0 Å². The van der Waals surface area contributed by atoms with Gasteiger partial charge in [0, 0.05) is 41.3 Å². The van der Waals surface area contributed by atoms with Gasteiger partial charge in [-0.1, -0.05) is 48.5 Å². The summed E-state index contributed by atoms with van der Waals surface area (Å²) in [7, 11) is 0. The lowest BCUT2D eigenvalue weighted by atomic mass is 10.0. The zero-order valence-corrected chi connectivity index (χ0v) is 21.1. The molecule has 39 heavy (non-hydrogen) atoms. The molecule has 0 aliphatic carbocycles. The molecule has 0 spiro atoms. The highest BCUT2D eigenvalue weighted by Gasteiger charge is 2.14. The van der Waals surface area contributed by atoms with Crippen molar-refractivity contribution in [3.05, 3.63) is 136 Å². The predicted octanol–water partition coefficient (Wildman–Crippen LogP) is 6.45. The molecule has 0 radical (unpaired) electrons. The molecule has 1 heterocycles. The molecular weight excluding hydrogens is 494 g/mol. The number of nitrogens with one attached hydrogen (secondary N) is 1. The molecule has 8 nitrogen and oxygen atoms in total. The molecule has 1 aromatic heterocycles. The maximum atomic E-state index is 12.9. The van der Waals surface area contributed by atoms with Crippen molar-refractivity contribution in [2.24, 2.45) is 0 Å². The standard InChI is InChI=1S/C31H25N3O5/c1-20(22-9-12-28(13-10-22)34(38)39)32-30(35)26-11-14-29-25(18-26)15-16-33(29)19-21-5-7-23(8-6-21)24-3-2-4-27(17-24)31(36)37/h2-18,20H,19H2,1H3,(H,32,35)(H,36,37)/t20-/m0/s1. The van der Waals surface area contributed by atoms with Crippen LogP contribution in [0.25, 0.3) is 22.0 Å². The minimum Gasteiger partial charge on any atom is -0.478 e. The third-order valence-electron chi connectivity index (χ3n) is 6.73. The number of hydrogen-bond donors (Lipinski definition) is 2. The van der Waals surface area contributed by atoms with E-state index in [1.54, 1.807) is 36.4 Å². The van der Waals surface area contributed by atoms with E-state index < -0.39 is 10.9 Å². The van der Waals surface area contributed by atoms with Crippen molar-refractivity contribution in [2.75, 3.05) is 0 Å². The predicted molar refractivity (Wildman–Crippen MR) is 149 cm³/mol. The molecule has 5 rings (SSSR count). The first-order chi connectivity index (χ1) is 18.8. The SMILES string of the molecule is C[C@H](NC(=O)c1ccc2c(ccn2Cc2ccc(-c3cccc(C(=O)O)c3)cc2)c1)c1ccc([N+](=O)[O-])cc1. The maximum absolute atomic E-state index is 12.9. The number of carboxylic acids is 1. The van der Waals surface area contributed by atoms with Crippen LogP contribution in [0, 0.1) is 10.1 Å². The molecule has 0 unspecified atom stereocenters. The Morgan fingerprint density at radius 1 is 0.897 bits per heavy atom. The Kier molecular flexibility index (Phi) is 6.93. The summed E-state index contributed by atoms with van der Waals surface area (Å²) < 4.78 is 2.11. The van der Waals surface area contributed by atoms with Crippen LogP contribution in [0.15, 0.2) is 103 Å². The van der Waals surface area contributed by atoms with Crippen LogP contribution in [0.5, 0.6) is 0 Å². The van der Waals surface area contributed by atoms with Crippen molar-refractivity contribution in [3.8, 4) is 11.1 Å². The molecule has 0 saturated heterocycles. The third kappa shape index (κ3) is 5.55. The Morgan fingerprint density at radius 2 is 1.64 bits per heavy atom. The van der Waals surface area contributed by atoms with Crippen molar-refractivity contribution >= 4 is 28.5 Å². The van der Waals surface area contributed by atoms with Crippen LogP contribution in [0.3, 0.4) is 0 Å². The quantitative estimate of drug-likeness (QED) is 0.181. The highest BCUT2D eigenvalue weighted by molar-refractivity contribution is 5.98. The van der Waals surface area contributed by atoms with E-state index >= 15 is 0 Å². The lowest BCUT2D eigenvalue weighted by Gasteiger charge is -2.14. The summed E-state index contributed by atoms with van der Waals surface area (Å²) >= 11 is 0. The number of carbonyl (C=O) groups is 2. The smallest absolute Gasteiger partial charge is 0.335 e. The zero-order chi connectivity index (χ0) is 27.5. The molecular formula is C31H25N3O5. The number of nitrogens with zero attached hydrogens (tertiary/aromatic N) is 2. The van der Waals surface area contributed by atoms with E-state index in [1.807, 2.05) is 61.7 Å². The number of benzene rings is 4. The topological polar surface area (TPSA) is 114 Å². The number of amides is 1. The van der Waals surface area contributed by atoms with Gasteiger partial charge in [0.1, 0.15) is 0 Å². The Morgan fingerprint density at radius 3 is 2.33 bits per heavy atom. The number of nitro benzene ring substituents is 1. The molecule has 2 N–H and O–H groups in total. The van der Waals surface area contributed by atoms with Crippen molar-refractivity contribution in [3.63, 3.8) is 0 Å². The summed E-state index contributed by atoms with van der Waals surface area (Å²) in [5.74, 6) is -1.18. The van der Waals surface area contributed by atoms with E-state index in [9.17, 15) is 24.8 Å². The fourth-order valence-corrected chi connectivity index (χ4v) is 4.56. The fraction of sp³-hybridized carbons (Fsp3) is 0.0968. The van der Waals surface area contributed by atoms with E-state index in [0.717, 1.165) is 33.2 Å². The minimum atomic E-state index is -0.951. The number of nitro groups is 1. The molecule has 4 aromatic carbocycles. The van der Waals surface area contributed by atoms with Crippen LogP contribution in [0.2, 0.25) is 0 Å². The zero-order valence-electron chi connectivity index (χ0n) is 21.1. The van der Waals surface area contributed by atoms with E-state index in [-0.39, 0.29) is 23.2 Å². The average Bonchev–Trinajstić information content (AvgIpc) is 3.35. The molecule has 0 aliphatic rings. The van der Waals surface area contributed by atoms with Gasteiger partial charge in [-0.05, 0) is 65.6 Å². The van der Waals surface area contributed by atoms with Crippen molar-refractivity contribution in [2.45, 2.75) is 19.5 Å². The van der Waals surface area contributed by atoms with Gasteiger partial charge in [0.15, 0.2) is 0 Å². The second kappa shape index (κ2) is 10.6. The van der Waals surface area contributed by atoms with Crippen molar-refractivity contribution < 1.29 is 19.6 Å². The number of fused-ring (bicyclic) bond motifs is 1. The van der Waals surface area contributed by atoms with Gasteiger partial charge in [-0.25, -0.2) is 4.79 Å². The van der Waals surface area contributed by atoms with Crippen LogP contribution in [-0.4, -0.2) is 26.5 Å². The van der Waals surface area contributed by atoms with Gasteiger partial charge >= 0.3 is 5.97 Å². The summed E-state index contributed by atoms with van der Waals surface area (Å²) in [6, 6.07) is 28.2. The van der Waals surface area contributed by atoms with E-state index in [2.05, 4.69) is 9.88 Å². The first-order valence-corrected chi connectivity index (χ1v) is 12.4. The highest BCUT2D eigenvalue weighted by atomic mass is 16.6. The molecule has 1 amide bonds. The second-order valence-corrected chi connectivity index (χ2v) is 9.34. The Balaban J connectivity index is 1.27. The largest absolute Gasteiger partial charge is 0.478 e. The van der Waals surface area contributed by atoms with Gasteiger partial charge in [0.2, 0.25) is 0 Å². The summed E-state index contributed by atoms with van der Waals surface area (Å²) in [6.07, 6.45) is 1.98. The monoisotopic (exact) mass is 519 g/mol. The molecule has 1 atom stereocenters. The third-order valence-corrected chi connectivity index (χ3v) is 6.73. The number of hydrogen-bond acceptors (Lipinski definition) is 4. The van der Waals surface area contributed by atoms with Crippen molar-refractivity contribution in [1.82, 2.24) is 9.88 Å². The van der Waals surface area contributed by atoms with E-state index in [0.29, 0.717) is 12.1 Å². The second-order valence-electron chi connectivity index (χ2n) is 9.34. The van der Waals surface area contributed by atoms with Gasteiger partial charge in [-0.3, -0.25) is 14.9 Å². The molecule has 0 bridgehead atoms. The highest BCUT2D eigenvalue weighted by Crippen LogP contribution is 2.24. The number of rotatable bonds is 8. The van der Waals surface area contributed by atoms with Crippen LogP contribution < -0.4 is 5.32 Å². The van der Waals surface area contributed by atoms with Crippen molar-refractivity contribution in [1.29, 1.82) is 0 Å². The van der Waals surface area contributed by atoms with Gasteiger partial charge in [0.25, 0.3) is 11.6 Å². The first kappa shape index (κ1) is 25.4. The molecule has 0 aliphatic heterocycles. The van der Waals surface area contributed by atoms with Crippen LogP contribution in [0.4, 0.5) is 5.69 Å². The van der Waals surface area contributed by atoms with E-state index in [4.69, 9.17) is 0 Å². The molecule has 194 valence electrons. The average molecular weight is 520 g/mol. The molecule has 0 fully saturated rings. The Hall–Kier alpha value is -5.24. The summed E-state index contributed by atoms with van der Waals surface area (Å²) in [6.45, 7) is 2.48. The molecule has 8 heteroatoms. The summed E-state index contributed by atoms with van der Waals surface area (Å²) in [5, 5.41) is 24.0. The fourth-order valence-electron chi connectivity index (χ4n) is 4.56. The number of aromatic nitrogens is 1. The number of carboxylic acid groups (broad SMARTS) is 1. The van der Waals surface area contributed by atoms with Gasteiger partial charge in [0.05, 0.1) is 16.5 Å². The normalized spacial score (nSPS) is 11.7. The first-order valence-electron chi connectivity index (χ1n) is 12.4. The van der Waals surface area contributed by atoms with Crippen LogP contribution in [-0.2, 0) is 6.54 Å². The Bertz CT molecular complexity index is 1690. The lowest BCUT2D eigenvalue weighted by molar-refractivity contribution is -0.384. The Labute approximate surface area is 224 Å².